The summed E-state index contributed by atoms with van der Waals surface area (Å²) in [6, 6.07) is 8.20. The van der Waals surface area contributed by atoms with Crippen molar-refractivity contribution >= 4 is 0 Å². The SMILES string of the molecule is Cc1ccc(C(C)(O)CCN2CCNCC2)cc1. The zero-order valence-corrected chi connectivity index (χ0v) is 11.4. The molecule has 0 saturated carbocycles. The maximum absolute atomic E-state index is 10.6. The van der Waals surface area contributed by atoms with Gasteiger partial charge >= 0.3 is 0 Å². The summed E-state index contributed by atoms with van der Waals surface area (Å²) < 4.78 is 0. The molecular weight excluding hydrogens is 224 g/mol. The lowest BCUT2D eigenvalue weighted by atomic mass is 9.91. The van der Waals surface area contributed by atoms with Crippen molar-refractivity contribution in [3.8, 4) is 0 Å². The van der Waals surface area contributed by atoms with Crippen LogP contribution in [0, 0.1) is 6.92 Å². The van der Waals surface area contributed by atoms with E-state index in [1.807, 2.05) is 19.1 Å². The number of rotatable bonds is 4. The molecule has 1 aliphatic rings. The van der Waals surface area contributed by atoms with Crippen molar-refractivity contribution in [2.75, 3.05) is 32.7 Å². The van der Waals surface area contributed by atoms with Gasteiger partial charge in [-0.15, -0.1) is 0 Å². The molecule has 1 aliphatic heterocycles. The molecule has 0 bridgehead atoms. The van der Waals surface area contributed by atoms with E-state index in [-0.39, 0.29) is 0 Å². The van der Waals surface area contributed by atoms with Crippen LogP contribution in [0.25, 0.3) is 0 Å². The molecule has 1 saturated heterocycles. The normalized spacial score (nSPS) is 20.6. The Balaban J connectivity index is 1.91. The summed E-state index contributed by atoms with van der Waals surface area (Å²) in [6.45, 7) is 9.24. The third-order valence-corrected chi connectivity index (χ3v) is 3.80. The molecule has 0 aromatic heterocycles. The predicted molar refractivity (Wildman–Crippen MR) is 74.7 cm³/mol. The zero-order chi connectivity index (χ0) is 13.0. The molecular formula is C15H24N2O. The number of nitrogens with one attached hydrogen (secondary N) is 1. The van der Waals surface area contributed by atoms with E-state index in [0.717, 1.165) is 44.7 Å². The monoisotopic (exact) mass is 248 g/mol. The molecule has 3 nitrogen and oxygen atoms in total. The number of piperazine rings is 1. The molecule has 0 radical (unpaired) electrons. The fraction of sp³-hybridized carbons (Fsp3) is 0.600. The van der Waals surface area contributed by atoms with Crippen molar-refractivity contribution in [1.82, 2.24) is 10.2 Å². The fourth-order valence-corrected chi connectivity index (χ4v) is 2.37. The first-order chi connectivity index (χ1) is 8.58. The highest BCUT2D eigenvalue weighted by molar-refractivity contribution is 5.25. The molecule has 18 heavy (non-hydrogen) atoms. The Kier molecular flexibility index (Phi) is 4.38. The highest BCUT2D eigenvalue weighted by Gasteiger charge is 2.24. The van der Waals surface area contributed by atoms with Crippen molar-refractivity contribution in [1.29, 1.82) is 0 Å². The van der Waals surface area contributed by atoms with Crippen molar-refractivity contribution in [2.24, 2.45) is 0 Å². The maximum atomic E-state index is 10.6. The summed E-state index contributed by atoms with van der Waals surface area (Å²) >= 11 is 0. The lowest BCUT2D eigenvalue weighted by Crippen LogP contribution is -2.45. The maximum Gasteiger partial charge on any atom is 0.0880 e. The number of benzene rings is 1. The second kappa shape index (κ2) is 5.83. The molecule has 2 rings (SSSR count). The standard InChI is InChI=1S/C15H24N2O/c1-13-3-5-14(6-4-13)15(2,18)7-10-17-11-8-16-9-12-17/h3-6,16,18H,7-12H2,1-2H3. The first kappa shape index (κ1) is 13.5. The van der Waals surface area contributed by atoms with E-state index in [0.29, 0.717) is 0 Å². The average Bonchev–Trinajstić information content (AvgIpc) is 2.38. The number of nitrogens with zero attached hydrogens (tertiary/aromatic N) is 1. The van der Waals surface area contributed by atoms with Crippen molar-refractivity contribution in [2.45, 2.75) is 25.9 Å². The van der Waals surface area contributed by atoms with Crippen LogP contribution in [-0.4, -0.2) is 42.7 Å². The second-order valence-corrected chi connectivity index (χ2v) is 5.48. The summed E-state index contributed by atoms with van der Waals surface area (Å²) in [4.78, 5) is 2.42. The van der Waals surface area contributed by atoms with Gasteiger partial charge in [0.2, 0.25) is 0 Å². The lowest BCUT2D eigenvalue weighted by molar-refractivity contribution is 0.0345. The van der Waals surface area contributed by atoms with Crippen LogP contribution in [0.3, 0.4) is 0 Å². The Morgan fingerprint density at radius 3 is 2.44 bits per heavy atom. The Hall–Kier alpha value is -0.900. The number of aryl methyl sites for hydroxylation is 1. The number of aliphatic hydroxyl groups is 1. The molecule has 1 aromatic carbocycles. The second-order valence-electron chi connectivity index (χ2n) is 5.48. The van der Waals surface area contributed by atoms with Gasteiger partial charge in [-0.2, -0.15) is 0 Å². The largest absolute Gasteiger partial charge is 0.385 e. The predicted octanol–water partition coefficient (Wildman–Crippen LogP) is 1.50. The average molecular weight is 248 g/mol. The quantitative estimate of drug-likeness (QED) is 0.847. The van der Waals surface area contributed by atoms with Crippen LogP contribution in [-0.2, 0) is 5.60 Å². The van der Waals surface area contributed by atoms with Crippen LogP contribution in [0.1, 0.15) is 24.5 Å². The molecule has 100 valence electrons. The molecule has 1 unspecified atom stereocenters. The Morgan fingerprint density at radius 2 is 1.83 bits per heavy atom. The molecule has 1 aromatic rings. The minimum absolute atomic E-state index is 0.724. The first-order valence-corrected chi connectivity index (χ1v) is 6.80. The minimum Gasteiger partial charge on any atom is -0.385 e. The molecule has 0 spiro atoms. The number of hydrogen-bond donors (Lipinski definition) is 2. The Bertz CT molecular complexity index is 367. The minimum atomic E-state index is -0.724. The smallest absolute Gasteiger partial charge is 0.0880 e. The summed E-state index contributed by atoms with van der Waals surface area (Å²) in [5.41, 5.74) is 1.53. The van der Waals surface area contributed by atoms with E-state index in [9.17, 15) is 5.11 Å². The summed E-state index contributed by atoms with van der Waals surface area (Å²) in [6.07, 6.45) is 0.788. The first-order valence-electron chi connectivity index (χ1n) is 6.80. The molecule has 0 amide bonds. The third-order valence-electron chi connectivity index (χ3n) is 3.80. The Morgan fingerprint density at radius 1 is 1.22 bits per heavy atom. The highest BCUT2D eigenvalue weighted by atomic mass is 16.3. The van der Waals surface area contributed by atoms with Crippen molar-refractivity contribution in [3.05, 3.63) is 35.4 Å². The van der Waals surface area contributed by atoms with Gasteiger partial charge in [0, 0.05) is 32.7 Å². The van der Waals surface area contributed by atoms with Gasteiger partial charge in [0.15, 0.2) is 0 Å². The van der Waals surface area contributed by atoms with Gasteiger partial charge in [0.05, 0.1) is 5.60 Å². The van der Waals surface area contributed by atoms with Gasteiger partial charge in [0.1, 0.15) is 0 Å². The molecule has 1 atom stereocenters. The van der Waals surface area contributed by atoms with Gasteiger partial charge in [-0.3, -0.25) is 0 Å². The molecule has 3 heteroatoms. The summed E-state index contributed by atoms with van der Waals surface area (Å²) in [5.74, 6) is 0. The molecule has 1 fully saturated rings. The Labute approximate surface area is 110 Å². The topological polar surface area (TPSA) is 35.5 Å². The van der Waals surface area contributed by atoms with Crippen molar-refractivity contribution in [3.63, 3.8) is 0 Å². The fourth-order valence-electron chi connectivity index (χ4n) is 2.37. The van der Waals surface area contributed by atoms with E-state index in [1.54, 1.807) is 0 Å². The van der Waals surface area contributed by atoms with Gasteiger partial charge in [0.25, 0.3) is 0 Å². The van der Waals surface area contributed by atoms with Crippen molar-refractivity contribution < 1.29 is 5.11 Å². The van der Waals surface area contributed by atoms with Crippen LogP contribution < -0.4 is 5.32 Å². The zero-order valence-electron chi connectivity index (χ0n) is 11.4. The summed E-state index contributed by atoms with van der Waals surface area (Å²) in [7, 11) is 0. The van der Waals surface area contributed by atoms with E-state index in [4.69, 9.17) is 0 Å². The van der Waals surface area contributed by atoms with E-state index in [2.05, 4.69) is 29.3 Å². The highest BCUT2D eigenvalue weighted by Crippen LogP contribution is 2.25. The third kappa shape index (κ3) is 3.55. The van der Waals surface area contributed by atoms with Crippen LogP contribution in [0.15, 0.2) is 24.3 Å². The van der Waals surface area contributed by atoms with Crippen LogP contribution in [0.4, 0.5) is 0 Å². The van der Waals surface area contributed by atoms with Crippen LogP contribution in [0.2, 0.25) is 0 Å². The lowest BCUT2D eigenvalue weighted by Gasteiger charge is -2.31. The van der Waals surface area contributed by atoms with Gasteiger partial charge < -0.3 is 15.3 Å². The van der Waals surface area contributed by atoms with Gasteiger partial charge in [-0.05, 0) is 25.8 Å². The molecule has 1 heterocycles. The molecule has 0 aliphatic carbocycles. The van der Waals surface area contributed by atoms with Crippen LogP contribution in [0.5, 0.6) is 0 Å². The summed E-state index contributed by atoms with van der Waals surface area (Å²) in [5, 5.41) is 13.9. The molecule has 2 N–H and O–H groups in total. The van der Waals surface area contributed by atoms with Crippen LogP contribution >= 0.6 is 0 Å². The van der Waals surface area contributed by atoms with E-state index < -0.39 is 5.60 Å². The number of hydrogen-bond acceptors (Lipinski definition) is 3. The van der Waals surface area contributed by atoms with Gasteiger partial charge in [-0.1, -0.05) is 29.8 Å². The van der Waals surface area contributed by atoms with E-state index >= 15 is 0 Å². The van der Waals surface area contributed by atoms with E-state index in [1.165, 1.54) is 5.56 Å². The van der Waals surface area contributed by atoms with Gasteiger partial charge in [-0.25, -0.2) is 0 Å².